The molecule has 0 unspecified atom stereocenters. The highest BCUT2D eigenvalue weighted by Gasteiger charge is 2.13. The van der Waals surface area contributed by atoms with Gasteiger partial charge in [0.1, 0.15) is 11.6 Å². The van der Waals surface area contributed by atoms with Crippen LogP contribution in [-0.2, 0) is 4.74 Å². The minimum absolute atomic E-state index is 0.00417. The van der Waals surface area contributed by atoms with E-state index in [4.69, 9.17) is 4.74 Å². The monoisotopic (exact) mass is 321 g/mol. The molecule has 6 heteroatoms. The van der Waals surface area contributed by atoms with E-state index in [-0.39, 0.29) is 5.56 Å². The van der Waals surface area contributed by atoms with Crippen molar-refractivity contribution in [3.8, 4) is 0 Å². The van der Waals surface area contributed by atoms with Crippen LogP contribution in [0.2, 0.25) is 0 Å². The van der Waals surface area contributed by atoms with Gasteiger partial charge in [-0.2, -0.15) is 0 Å². The van der Waals surface area contributed by atoms with Crippen molar-refractivity contribution in [3.63, 3.8) is 0 Å². The van der Waals surface area contributed by atoms with Crippen LogP contribution in [0.4, 0.5) is 8.78 Å². The van der Waals surface area contributed by atoms with Crippen LogP contribution < -0.4 is 0 Å². The minimum atomic E-state index is -0.762. The molecule has 0 N–H and O–H groups in total. The molecule has 0 heterocycles. The van der Waals surface area contributed by atoms with E-state index >= 15 is 0 Å². The van der Waals surface area contributed by atoms with Crippen LogP contribution >= 0.6 is 15.9 Å². The Labute approximate surface area is 113 Å². The highest BCUT2D eigenvalue weighted by molar-refractivity contribution is 9.09. The van der Waals surface area contributed by atoms with Crippen molar-refractivity contribution < 1.29 is 18.3 Å². The Morgan fingerprint density at radius 1 is 1.28 bits per heavy atom. The van der Waals surface area contributed by atoms with Crippen LogP contribution in [0.15, 0.2) is 18.2 Å². The standard InChI is InChI=1S/C12H14BrF2NO2/c1-16(3-5-18-4-2-13)12(17)9-6-10(14)8-11(15)7-9/h6-8H,2-5H2,1H3. The van der Waals surface area contributed by atoms with Crippen LogP contribution in [0.1, 0.15) is 10.4 Å². The van der Waals surface area contributed by atoms with Gasteiger partial charge in [0.05, 0.1) is 13.2 Å². The summed E-state index contributed by atoms with van der Waals surface area (Å²) in [5.41, 5.74) is -0.00417. The molecule has 0 fully saturated rings. The van der Waals surface area contributed by atoms with E-state index in [9.17, 15) is 13.6 Å². The van der Waals surface area contributed by atoms with Crippen molar-refractivity contribution in [1.29, 1.82) is 0 Å². The summed E-state index contributed by atoms with van der Waals surface area (Å²) in [6, 6.07) is 2.76. The van der Waals surface area contributed by atoms with Crippen molar-refractivity contribution in [2.24, 2.45) is 0 Å². The van der Waals surface area contributed by atoms with Crippen LogP contribution in [0.3, 0.4) is 0 Å². The maximum atomic E-state index is 13.0. The fourth-order valence-corrected chi connectivity index (χ4v) is 1.59. The van der Waals surface area contributed by atoms with E-state index in [1.165, 1.54) is 4.90 Å². The lowest BCUT2D eigenvalue weighted by atomic mass is 10.2. The lowest BCUT2D eigenvalue weighted by Gasteiger charge is -2.17. The zero-order valence-corrected chi connectivity index (χ0v) is 11.5. The molecule has 0 aromatic heterocycles. The normalized spacial score (nSPS) is 10.4. The molecule has 0 atom stereocenters. The predicted octanol–water partition coefficient (Wildman–Crippen LogP) is 2.45. The molecule has 1 aromatic rings. The van der Waals surface area contributed by atoms with E-state index in [1.54, 1.807) is 7.05 Å². The lowest BCUT2D eigenvalue weighted by molar-refractivity contribution is 0.0712. The van der Waals surface area contributed by atoms with Crippen LogP contribution in [0.25, 0.3) is 0 Å². The van der Waals surface area contributed by atoms with Gasteiger partial charge in [-0.3, -0.25) is 4.79 Å². The van der Waals surface area contributed by atoms with Gasteiger partial charge in [-0.05, 0) is 12.1 Å². The van der Waals surface area contributed by atoms with E-state index in [2.05, 4.69) is 15.9 Å². The Hall–Kier alpha value is -1.01. The second kappa shape index (κ2) is 7.43. The van der Waals surface area contributed by atoms with Gasteiger partial charge in [0.2, 0.25) is 0 Å². The van der Waals surface area contributed by atoms with Gasteiger partial charge >= 0.3 is 0 Å². The number of carbonyl (C=O) groups excluding carboxylic acids is 1. The molecule has 1 rings (SSSR count). The number of alkyl halides is 1. The molecule has 0 saturated heterocycles. The van der Waals surface area contributed by atoms with Gasteiger partial charge in [0.25, 0.3) is 5.91 Å². The molecule has 0 aliphatic heterocycles. The summed E-state index contributed by atoms with van der Waals surface area (Å²) < 4.78 is 31.1. The number of rotatable bonds is 6. The van der Waals surface area contributed by atoms with Crippen molar-refractivity contribution in [1.82, 2.24) is 4.90 Å². The van der Waals surface area contributed by atoms with Crippen LogP contribution in [-0.4, -0.2) is 42.9 Å². The van der Waals surface area contributed by atoms with Crippen LogP contribution in [0, 0.1) is 11.6 Å². The number of hydrogen-bond donors (Lipinski definition) is 0. The number of carbonyl (C=O) groups is 1. The summed E-state index contributed by atoms with van der Waals surface area (Å²) >= 11 is 3.21. The maximum absolute atomic E-state index is 13.0. The summed E-state index contributed by atoms with van der Waals surface area (Å²) in [5.74, 6) is -1.96. The number of benzene rings is 1. The van der Waals surface area contributed by atoms with Crippen molar-refractivity contribution in [2.75, 3.05) is 32.1 Å². The second-order valence-electron chi connectivity index (χ2n) is 3.69. The van der Waals surface area contributed by atoms with E-state index in [1.807, 2.05) is 0 Å². The summed E-state index contributed by atoms with van der Waals surface area (Å²) in [5, 5.41) is 0.722. The summed E-state index contributed by atoms with van der Waals surface area (Å²) in [4.78, 5) is 13.2. The van der Waals surface area contributed by atoms with Gasteiger partial charge < -0.3 is 9.64 Å². The minimum Gasteiger partial charge on any atom is -0.379 e. The molecule has 0 radical (unpaired) electrons. The Kier molecular flexibility index (Phi) is 6.21. The van der Waals surface area contributed by atoms with Gasteiger partial charge in [-0.25, -0.2) is 8.78 Å². The third-order valence-corrected chi connectivity index (χ3v) is 2.57. The Bertz CT molecular complexity index is 395. The number of halogens is 3. The molecule has 100 valence electrons. The highest BCUT2D eigenvalue weighted by Crippen LogP contribution is 2.10. The Morgan fingerprint density at radius 3 is 2.44 bits per heavy atom. The number of nitrogens with zero attached hydrogens (tertiary/aromatic N) is 1. The third kappa shape index (κ3) is 4.70. The first-order valence-corrected chi connectivity index (χ1v) is 6.52. The average molecular weight is 322 g/mol. The summed E-state index contributed by atoms with van der Waals surface area (Å²) in [6.07, 6.45) is 0. The fourth-order valence-electron chi connectivity index (χ4n) is 1.36. The molecule has 18 heavy (non-hydrogen) atoms. The molecular formula is C12H14BrF2NO2. The van der Waals surface area contributed by atoms with E-state index in [0.29, 0.717) is 19.8 Å². The predicted molar refractivity (Wildman–Crippen MR) is 67.9 cm³/mol. The fraction of sp³-hybridized carbons (Fsp3) is 0.417. The Balaban J connectivity index is 2.57. The quantitative estimate of drug-likeness (QED) is 0.595. The molecule has 0 aliphatic rings. The highest BCUT2D eigenvalue weighted by atomic mass is 79.9. The third-order valence-electron chi connectivity index (χ3n) is 2.25. The number of amides is 1. The van der Waals surface area contributed by atoms with Crippen molar-refractivity contribution >= 4 is 21.8 Å². The first-order valence-electron chi connectivity index (χ1n) is 5.40. The molecule has 0 aliphatic carbocycles. The van der Waals surface area contributed by atoms with Gasteiger partial charge in [0, 0.05) is 30.6 Å². The molecule has 1 aromatic carbocycles. The van der Waals surface area contributed by atoms with Gasteiger partial charge in [-0.15, -0.1) is 0 Å². The number of hydrogen-bond acceptors (Lipinski definition) is 2. The lowest BCUT2D eigenvalue weighted by Crippen LogP contribution is -2.30. The van der Waals surface area contributed by atoms with Crippen LogP contribution in [0.5, 0.6) is 0 Å². The maximum Gasteiger partial charge on any atom is 0.253 e. The molecule has 1 amide bonds. The SMILES string of the molecule is CN(CCOCCBr)C(=O)c1cc(F)cc(F)c1. The molecule has 0 bridgehead atoms. The van der Waals surface area contributed by atoms with Gasteiger partial charge in [-0.1, -0.05) is 15.9 Å². The first-order chi connectivity index (χ1) is 8.54. The molecular weight excluding hydrogens is 308 g/mol. The average Bonchev–Trinajstić information content (AvgIpc) is 2.32. The van der Waals surface area contributed by atoms with Gasteiger partial charge in [0.15, 0.2) is 0 Å². The van der Waals surface area contributed by atoms with Crippen molar-refractivity contribution in [2.45, 2.75) is 0 Å². The van der Waals surface area contributed by atoms with Crippen molar-refractivity contribution in [3.05, 3.63) is 35.4 Å². The summed E-state index contributed by atoms with van der Waals surface area (Å²) in [7, 11) is 1.56. The summed E-state index contributed by atoms with van der Waals surface area (Å²) in [6.45, 7) is 1.30. The topological polar surface area (TPSA) is 29.5 Å². The number of ether oxygens (including phenoxy) is 1. The molecule has 0 spiro atoms. The molecule has 3 nitrogen and oxygen atoms in total. The van der Waals surface area contributed by atoms with E-state index in [0.717, 1.165) is 23.5 Å². The largest absolute Gasteiger partial charge is 0.379 e. The second-order valence-corrected chi connectivity index (χ2v) is 4.48. The van der Waals surface area contributed by atoms with E-state index < -0.39 is 17.5 Å². The Morgan fingerprint density at radius 2 is 1.89 bits per heavy atom. The smallest absolute Gasteiger partial charge is 0.253 e. The number of likely N-dealkylation sites (N-methyl/N-ethyl adjacent to an activating group) is 1. The first kappa shape index (κ1) is 15.0. The zero-order valence-electron chi connectivity index (χ0n) is 9.96. The zero-order chi connectivity index (χ0) is 13.5. The molecule has 0 saturated carbocycles.